The number of nitrogens with zero attached hydrogens (tertiary/aromatic N) is 6. The Morgan fingerprint density at radius 1 is 1.42 bits per heavy atom. The van der Waals surface area contributed by atoms with Crippen molar-refractivity contribution in [1.82, 2.24) is 24.8 Å². The topological polar surface area (TPSA) is 85.5 Å². The second-order valence-corrected chi connectivity index (χ2v) is 7.15. The lowest BCUT2D eigenvalue weighted by Gasteiger charge is -2.16. The summed E-state index contributed by atoms with van der Waals surface area (Å²) in [4.78, 5) is 20.9. The summed E-state index contributed by atoms with van der Waals surface area (Å²) in [5.41, 5.74) is 1.87. The highest BCUT2D eigenvalue weighted by Crippen LogP contribution is 2.27. The van der Waals surface area contributed by atoms with E-state index >= 15 is 0 Å². The largest absolute Gasteiger partial charge is 0.491 e. The van der Waals surface area contributed by atoms with Gasteiger partial charge in [-0.25, -0.2) is 19.0 Å². The van der Waals surface area contributed by atoms with Crippen molar-refractivity contribution in [3.63, 3.8) is 0 Å². The summed E-state index contributed by atoms with van der Waals surface area (Å²) in [7, 11) is 3.58. The fraction of sp³-hybridized carbons (Fsp3) is 0.318. The van der Waals surface area contributed by atoms with Gasteiger partial charge in [0.2, 0.25) is 5.43 Å². The van der Waals surface area contributed by atoms with Crippen molar-refractivity contribution in [3.05, 3.63) is 70.7 Å². The number of rotatable bonds is 8. The van der Waals surface area contributed by atoms with Crippen molar-refractivity contribution in [1.29, 1.82) is 0 Å². The number of halogens is 1. The zero-order chi connectivity index (χ0) is 22.4. The number of aromatic nitrogens is 4. The Morgan fingerprint density at radius 3 is 2.84 bits per heavy atom. The normalized spacial score (nSPS) is 16.1. The van der Waals surface area contributed by atoms with E-state index < -0.39 is 6.17 Å². The first-order valence-electron chi connectivity index (χ1n) is 9.85. The van der Waals surface area contributed by atoms with Crippen LogP contribution < -0.4 is 10.2 Å². The van der Waals surface area contributed by atoms with Crippen LogP contribution in [0.5, 0.6) is 5.75 Å². The Labute approximate surface area is 180 Å². The van der Waals surface area contributed by atoms with Gasteiger partial charge in [0.05, 0.1) is 30.9 Å². The number of alkyl halides is 1. The zero-order valence-electron chi connectivity index (χ0n) is 17.8. The maximum Gasteiger partial charge on any atom is 0.203 e. The van der Waals surface area contributed by atoms with E-state index in [-0.39, 0.29) is 18.3 Å². The lowest BCUT2D eigenvalue weighted by atomic mass is 9.94. The van der Waals surface area contributed by atoms with Gasteiger partial charge >= 0.3 is 0 Å². The van der Waals surface area contributed by atoms with Gasteiger partial charge in [-0.1, -0.05) is 18.2 Å². The maximum atomic E-state index is 14.4. The second-order valence-electron chi connectivity index (χ2n) is 7.15. The molecule has 2 aromatic heterocycles. The summed E-state index contributed by atoms with van der Waals surface area (Å²) in [6.45, 7) is 6.29. The molecule has 0 N–H and O–H groups in total. The van der Waals surface area contributed by atoms with Crippen LogP contribution in [0, 0.1) is 0 Å². The molecule has 1 unspecified atom stereocenters. The van der Waals surface area contributed by atoms with E-state index in [0.717, 1.165) is 5.57 Å². The highest BCUT2D eigenvalue weighted by atomic mass is 19.1. The number of ether oxygens (including phenoxy) is 1. The molecule has 2 aromatic rings. The SMILES string of the molecule is C=C(C=NN(C)C)n1ccc(=O)c(CC2=CC(c3ncc(OCC)cn3)=CC(F)C2)n1. The molecule has 1 aliphatic rings. The zero-order valence-corrected chi connectivity index (χ0v) is 17.8. The third-order valence-corrected chi connectivity index (χ3v) is 4.38. The first-order valence-corrected chi connectivity index (χ1v) is 9.85. The molecule has 0 saturated carbocycles. The van der Waals surface area contributed by atoms with Crippen LogP contribution in [-0.2, 0) is 6.42 Å². The Kier molecular flexibility index (Phi) is 7.07. The molecule has 0 aromatic carbocycles. The van der Waals surface area contributed by atoms with Crippen LogP contribution in [0.2, 0.25) is 0 Å². The van der Waals surface area contributed by atoms with E-state index in [0.29, 0.717) is 35.1 Å². The fourth-order valence-corrected chi connectivity index (χ4v) is 2.99. The van der Waals surface area contributed by atoms with Crippen molar-refractivity contribution in [3.8, 4) is 5.75 Å². The van der Waals surface area contributed by atoms with E-state index in [1.165, 1.54) is 23.0 Å². The van der Waals surface area contributed by atoms with E-state index in [9.17, 15) is 9.18 Å². The molecule has 0 aliphatic heterocycles. The van der Waals surface area contributed by atoms with Gasteiger partial charge < -0.3 is 9.75 Å². The average molecular weight is 424 g/mol. The van der Waals surface area contributed by atoms with Gasteiger partial charge in [0.15, 0.2) is 11.6 Å². The van der Waals surface area contributed by atoms with Crippen molar-refractivity contribution in [2.75, 3.05) is 20.7 Å². The molecular weight excluding hydrogens is 399 g/mol. The quantitative estimate of drug-likeness (QED) is 0.479. The first-order chi connectivity index (χ1) is 14.9. The van der Waals surface area contributed by atoms with Gasteiger partial charge in [-0.2, -0.15) is 10.2 Å². The summed E-state index contributed by atoms with van der Waals surface area (Å²) in [5.74, 6) is 0.950. The van der Waals surface area contributed by atoms with Gasteiger partial charge in [-0.05, 0) is 13.0 Å². The predicted molar refractivity (Wildman–Crippen MR) is 118 cm³/mol. The third-order valence-electron chi connectivity index (χ3n) is 4.38. The van der Waals surface area contributed by atoms with Gasteiger partial charge in [-0.3, -0.25) is 4.79 Å². The molecule has 31 heavy (non-hydrogen) atoms. The maximum absolute atomic E-state index is 14.4. The molecular formula is C22H25FN6O2. The highest BCUT2D eigenvalue weighted by molar-refractivity contribution is 6.00. The van der Waals surface area contributed by atoms with E-state index in [1.54, 1.807) is 37.7 Å². The van der Waals surface area contributed by atoms with Crippen molar-refractivity contribution in [2.45, 2.75) is 25.9 Å². The Morgan fingerprint density at radius 2 is 2.16 bits per heavy atom. The van der Waals surface area contributed by atoms with Crippen molar-refractivity contribution in [2.24, 2.45) is 5.10 Å². The monoisotopic (exact) mass is 424 g/mol. The van der Waals surface area contributed by atoms with Crippen LogP contribution in [0.1, 0.15) is 24.9 Å². The van der Waals surface area contributed by atoms with Crippen LogP contribution in [0.15, 0.2) is 58.9 Å². The summed E-state index contributed by atoms with van der Waals surface area (Å²) < 4.78 is 21.2. The van der Waals surface area contributed by atoms with Crippen molar-refractivity contribution >= 4 is 17.5 Å². The summed E-state index contributed by atoms with van der Waals surface area (Å²) in [5, 5.41) is 10.1. The molecule has 1 aliphatic carbocycles. The molecule has 0 bridgehead atoms. The van der Waals surface area contributed by atoms with E-state index in [2.05, 4.69) is 26.7 Å². The molecule has 3 rings (SSSR count). The van der Waals surface area contributed by atoms with Crippen LogP contribution >= 0.6 is 0 Å². The molecule has 9 heteroatoms. The van der Waals surface area contributed by atoms with E-state index in [4.69, 9.17) is 4.74 Å². The minimum atomic E-state index is -1.20. The van der Waals surface area contributed by atoms with Crippen molar-refractivity contribution < 1.29 is 9.13 Å². The molecule has 0 saturated heterocycles. The number of hydrogen-bond donors (Lipinski definition) is 0. The standard InChI is InChI=1S/C22H25FN6O2/c1-5-31-19-13-24-22(25-14-19)17-8-16(9-18(23)11-17)10-20-21(30)6-7-29(27-20)15(2)12-26-28(3)4/h6-8,11-14,18H,2,5,9-10H2,1,3-4H3. The molecule has 0 radical (unpaired) electrons. The van der Waals surface area contributed by atoms with Crippen LogP contribution in [0.3, 0.4) is 0 Å². The highest BCUT2D eigenvalue weighted by Gasteiger charge is 2.19. The summed E-state index contributed by atoms with van der Waals surface area (Å²) in [6, 6.07) is 1.42. The molecule has 162 valence electrons. The summed E-state index contributed by atoms with van der Waals surface area (Å²) in [6.07, 6.45) is 8.68. The molecule has 1 atom stereocenters. The fourth-order valence-electron chi connectivity index (χ4n) is 2.99. The molecule has 0 fully saturated rings. The van der Waals surface area contributed by atoms with Gasteiger partial charge in [0.25, 0.3) is 0 Å². The van der Waals surface area contributed by atoms with Crippen LogP contribution in [-0.4, -0.2) is 57.8 Å². The van der Waals surface area contributed by atoms with Gasteiger partial charge in [0.1, 0.15) is 11.9 Å². The van der Waals surface area contributed by atoms with Crippen LogP contribution in [0.25, 0.3) is 11.3 Å². The molecule has 0 spiro atoms. The smallest absolute Gasteiger partial charge is 0.203 e. The van der Waals surface area contributed by atoms with E-state index in [1.807, 2.05) is 13.0 Å². The Bertz CT molecular complexity index is 1090. The molecule has 8 nitrogen and oxygen atoms in total. The number of hydrogen-bond acceptors (Lipinski definition) is 7. The first kappa shape index (κ1) is 22.1. The number of allylic oxidation sites excluding steroid dienone is 5. The molecule has 0 amide bonds. The average Bonchev–Trinajstić information content (AvgIpc) is 2.74. The summed E-state index contributed by atoms with van der Waals surface area (Å²) >= 11 is 0. The molecule has 2 heterocycles. The van der Waals surface area contributed by atoms with Gasteiger partial charge in [-0.15, -0.1) is 0 Å². The minimum absolute atomic E-state index is 0.180. The Hall–Kier alpha value is -3.62. The minimum Gasteiger partial charge on any atom is -0.491 e. The lowest BCUT2D eigenvalue weighted by Crippen LogP contribution is -2.19. The number of hydrazone groups is 1. The van der Waals surface area contributed by atoms with Crippen LogP contribution in [0.4, 0.5) is 4.39 Å². The second kappa shape index (κ2) is 9.92. The predicted octanol–water partition coefficient (Wildman–Crippen LogP) is 2.74. The lowest BCUT2D eigenvalue weighted by molar-refractivity contribution is 0.337. The van der Waals surface area contributed by atoms with Gasteiger partial charge in [0, 0.05) is 44.8 Å². The third kappa shape index (κ3) is 5.94. The Balaban J connectivity index is 1.83.